The molecule has 1 N–H and O–H groups in total. The highest BCUT2D eigenvalue weighted by Gasteiger charge is 2.58. The lowest BCUT2D eigenvalue weighted by molar-refractivity contribution is -0.135. The Balaban J connectivity index is 1.87. The Morgan fingerprint density at radius 3 is 2.73 bits per heavy atom. The summed E-state index contributed by atoms with van der Waals surface area (Å²) in [4.78, 5) is 18.6. The van der Waals surface area contributed by atoms with Crippen molar-refractivity contribution in [3.05, 3.63) is 59.7 Å². The van der Waals surface area contributed by atoms with Crippen LogP contribution in [0.5, 0.6) is 0 Å². The first kappa shape index (κ1) is 13.2. The van der Waals surface area contributed by atoms with Crippen molar-refractivity contribution < 1.29 is 9.90 Å². The Morgan fingerprint density at radius 1 is 1.18 bits per heavy atom. The maximum absolute atomic E-state index is 12.4. The Morgan fingerprint density at radius 2 is 1.95 bits per heavy atom. The number of carbonyl (C=O) groups excluding carboxylic acids is 1. The van der Waals surface area contributed by atoms with Crippen molar-refractivity contribution in [1.29, 1.82) is 0 Å². The van der Waals surface area contributed by atoms with Gasteiger partial charge in [-0.05, 0) is 37.1 Å². The molecule has 0 amide bonds. The fourth-order valence-corrected chi connectivity index (χ4v) is 3.19. The third-order valence-electron chi connectivity index (χ3n) is 4.37. The number of aliphatic imine (C=N–C) groups is 1. The Kier molecular flexibility index (Phi) is 2.71. The van der Waals surface area contributed by atoms with Crippen LogP contribution in [0.15, 0.2) is 53.5 Å². The summed E-state index contributed by atoms with van der Waals surface area (Å²) in [6.07, 6.45) is 0.996. The van der Waals surface area contributed by atoms with Gasteiger partial charge < -0.3 is 5.11 Å². The van der Waals surface area contributed by atoms with Crippen LogP contribution in [-0.4, -0.2) is 22.5 Å². The molecular formula is C18H16N2O2. The van der Waals surface area contributed by atoms with Crippen LogP contribution in [0.3, 0.4) is 0 Å². The van der Waals surface area contributed by atoms with Gasteiger partial charge in [0.05, 0.1) is 5.69 Å². The quantitative estimate of drug-likeness (QED) is 0.879. The van der Waals surface area contributed by atoms with E-state index in [-0.39, 0.29) is 5.78 Å². The smallest absolute Gasteiger partial charge is 0.251 e. The number of amidine groups is 1. The topological polar surface area (TPSA) is 52.9 Å². The second kappa shape index (κ2) is 4.52. The van der Waals surface area contributed by atoms with Crippen LogP contribution >= 0.6 is 0 Å². The number of rotatable bonds is 1. The molecule has 2 bridgehead atoms. The van der Waals surface area contributed by atoms with Crippen molar-refractivity contribution in [2.45, 2.75) is 25.5 Å². The van der Waals surface area contributed by atoms with E-state index in [4.69, 9.17) is 0 Å². The molecule has 0 spiro atoms. The molecule has 0 aromatic heterocycles. The summed E-state index contributed by atoms with van der Waals surface area (Å²) < 4.78 is 0. The molecule has 5 rings (SSSR count). The number of hydrogen-bond donors (Lipinski definition) is 1. The fraction of sp³-hybridized carbons (Fsp3) is 0.222. The van der Waals surface area contributed by atoms with Gasteiger partial charge in [-0.3, -0.25) is 9.69 Å². The van der Waals surface area contributed by atoms with Gasteiger partial charge in [-0.1, -0.05) is 35.9 Å². The first-order valence-corrected chi connectivity index (χ1v) is 7.40. The van der Waals surface area contributed by atoms with Crippen molar-refractivity contribution in [2.75, 3.05) is 4.90 Å². The summed E-state index contributed by atoms with van der Waals surface area (Å²) in [5, 5.41) is 10.8. The number of nitrogens with zero attached hydrogens (tertiary/aromatic N) is 2. The lowest BCUT2D eigenvalue weighted by Crippen LogP contribution is -2.73. The molecule has 4 heteroatoms. The number of carbonyl (C=O) groups is 1. The Labute approximate surface area is 128 Å². The van der Waals surface area contributed by atoms with Gasteiger partial charge in [-0.25, -0.2) is 4.99 Å². The van der Waals surface area contributed by atoms with E-state index >= 15 is 0 Å². The molecule has 3 heterocycles. The van der Waals surface area contributed by atoms with E-state index in [0.717, 1.165) is 22.5 Å². The van der Waals surface area contributed by atoms with E-state index < -0.39 is 5.72 Å². The second-order valence-electron chi connectivity index (χ2n) is 5.88. The van der Waals surface area contributed by atoms with E-state index in [9.17, 15) is 9.90 Å². The number of aliphatic hydroxyl groups is 1. The standard InChI is InChI=1S/C18H16N2O2/c1-12-7-8-15-13(11-12)9-10-18(22)16(21)17(19-15)20(18)14-5-3-2-4-6-14/h2-8,11,22H,9-10H2,1H3. The Bertz CT molecular complexity index is 798. The summed E-state index contributed by atoms with van der Waals surface area (Å²) in [7, 11) is 0. The number of aryl methyl sites for hydroxylation is 2. The predicted molar refractivity (Wildman–Crippen MR) is 85.5 cm³/mol. The molecule has 110 valence electrons. The van der Waals surface area contributed by atoms with Crippen molar-refractivity contribution in [1.82, 2.24) is 0 Å². The van der Waals surface area contributed by atoms with Crippen LogP contribution in [0.2, 0.25) is 0 Å². The number of hydrogen-bond acceptors (Lipinski definition) is 4. The molecule has 4 nitrogen and oxygen atoms in total. The minimum absolute atomic E-state index is 0.289. The van der Waals surface area contributed by atoms with Gasteiger partial charge in [0.15, 0.2) is 5.84 Å². The van der Waals surface area contributed by atoms with Gasteiger partial charge in [-0.2, -0.15) is 0 Å². The number of para-hydroxylation sites is 1. The van der Waals surface area contributed by atoms with Crippen LogP contribution in [0.25, 0.3) is 0 Å². The van der Waals surface area contributed by atoms with Gasteiger partial charge >= 0.3 is 0 Å². The molecule has 0 saturated carbocycles. The molecule has 1 fully saturated rings. The average molecular weight is 292 g/mol. The molecule has 2 aromatic rings. The maximum atomic E-state index is 12.4. The maximum Gasteiger partial charge on any atom is 0.251 e. The molecule has 0 radical (unpaired) electrons. The van der Waals surface area contributed by atoms with Gasteiger partial charge in [0, 0.05) is 12.1 Å². The minimum atomic E-state index is -1.47. The first-order chi connectivity index (χ1) is 10.6. The van der Waals surface area contributed by atoms with Crippen molar-refractivity contribution in [3.8, 4) is 0 Å². The van der Waals surface area contributed by atoms with Crippen LogP contribution in [-0.2, 0) is 11.2 Å². The highest BCUT2D eigenvalue weighted by atomic mass is 16.3. The molecule has 1 atom stereocenters. The fourth-order valence-electron chi connectivity index (χ4n) is 3.19. The third kappa shape index (κ3) is 1.74. The van der Waals surface area contributed by atoms with Crippen molar-refractivity contribution in [3.63, 3.8) is 0 Å². The number of anilines is 1. The monoisotopic (exact) mass is 292 g/mol. The van der Waals surface area contributed by atoms with Gasteiger partial charge in [0.25, 0.3) is 5.78 Å². The summed E-state index contributed by atoms with van der Waals surface area (Å²) >= 11 is 0. The lowest BCUT2D eigenvalue weighted by atomic mass is 9.85. The van der Waals surface area contributed by atoms with E-state index in [2.05, 4.69) is 11.1 Å². The van der Waals surface area contributed by atoms with Crippen LogP contribution < -0.4 is 4.90 Å². The molecular weight excluding hydrogens is 276 g/mol. The average Bonchev–Trinajstić information content (AvgIpc) is 2.53. The number of Topliss-reactive ketones (excluding diaryl/α,β-unsaturated/α-hetero) is 1. The first-order valence-electron chi connectivity index (χ1n) is 7.40. The minimum Gasteiger partial charge on any atom is -0.364 e. The van der Waals surface area contributed by atoms with Crippen molar-refractivity contribution >= 4 is 23.0 Å². The van der Waals surface area contributed by atoms with E-state index in [0.29, 0.717) is 18.7 Å². The zero-order chi connectivity index (χ0) is 15.3. The molecule has 1 saturated heterocycles. The number of ketones is 1. The largest absolute Gasteiger partial charge is 0.364 e. The number of benzene rings is 2. The molecule has 2 aromatic carbocycles. The molecule has 0 aliphatic carbocycles. The summed E-state index contributed by atoms with van der Waals surface area (Å²) in [6, 6.07) is 15.5. The van der Waals surface area contributed by atoms with E-state index in [1.165, 1.54) is 0 Å². The predicted octanol–water partition coefficient (Wildman–Crippen LogP) is 2.75. The van der Waals surface area contributed by atoms with Crippen molar-refractivity contribution in [2.24, 2.45) is 4.99 Å². The highest BCUT2D eigenvalue weighted by Crippen LogP contribution is 2.40. The lowest BCUT2D eigenvalue weighted by Gasteiger charge is -2.49. The van der Waals surface area contributed by atoms with Crippen LogP contribution in [0.1, 0.15) is 17.5 Å². The number of fused-ring (bicyclic) bond motifs is 1. The van der Waals surface area contributed by atoms with Gasteiger partial charge in [0.1, 0.15) is 0 Å². The molecule has 3 aliphatic heterocycles. The van der Waals surface area contributed by atoms with Crippen LogP contribution in [0.4, 0.5) is 11.4 Å². The highest BCUT2D eigenvalue weighted by molar-refractivity contribution is 6.55. The zero-order valence-electron chi connectivity index (χ0n) is 12.3. The third-order valence-corrected chi connectivity index (χ3v) is 4.37. The van der Waals surface area contributed by atoms with E-state index in [1.54, 1.807) is 4.90 Å². The molecule has 22 heavy (non-hydrogen) atoms. The van der Waals surface area contributed by atoms with Gasteiger partial charge in [-0.15, -0.1) is 0 Å². The van der Waals surface area contributed by atoms with Gasteiger partial charge in [0.2, 0.25) is 5.72 Å². The SMILES string of the molecule is Cc1ccc2c(c1)CCC1(O)C(=O)C(=N2)N1c1ccccc1. The zero-order valence-corrected chi connectivity index (χ0v) is 12.3. The second-order valence-corrected chi connectivity index (χ2v) is 5.88. The normalized spacial score (nSPS) is 23.1. The Hall–Kier alpha value is -2.46. The molecule has 1 unspecified atom stereocenters. The summed E-state index contributed by atoms with van der Waals surface area (Å²) in [5.74, 6) is 0.0288. The van der Waals surface area contributed by atoms with E-state index in [1.807, 2.05) is 49.4 Å². The summed E-state index contributed by atoms with van der Waals surface area (Å²) in [6.45, 7) is 2.03. The molecule has 3 aliphatic rings. The van der Waals surface area contributed by atoms with Crippen LogP contribution in [0, 0.1) is 6.92 Å². The summed E-state index contributed by atoms with van der Waals surface area (Å²) in [5.41, 5.74) is 2.37.